The molecular formula is C9H12N2O3. The molecule has 0 aliphatic rings. The summed E-state index contributed by atoms with van der Waals surface area (Å²) < 4.78 is 1.47. The largest absolute Gasteiger partial charge is 0.481 e. The van der Waals surface area contributed by atoms with Crippen molar-refractivity contribution in [3.63, 3.8) is 0 Å². The van der Waals surface area contributed by atoms with Gasteiger partial charge in [-0.15, -0.1) is 0 Å². The van der Waals surface area contributed by atoms with E-state index in [1.165, 1.54) is 10.8 Å². The van der Waals surface area contributed by atoms with Crippen LogP contribution in [0.4, 0.5) is 0 Å². The van der Waals surface area contributed by atoms with Crippen molar-refractivity contribution in [1.29, 1.82) is 0 Å². The smallest absolute Gasteiger partial charge is 0.347 e. The van der Waals surface area contributed by atoms with Gasteiger partial charge in [0.2, 0.25) is 0 Å². The molecule has 1 heterocycles. The lowest BCUT2D eigenvalue weighted by Crippen LogP contribution is -2.21. The highest BCUT2D eigenvalue weighted by Crippen LogP contribution is 1.96. The monoisotopic (exact) mass is 196 g/mol. The Balaban J connectivity index is 2.35. The summed E-state index contributed by atoms with van der Waals surface area (Å²) in [4.78, 5) is 24.9. The van der Waals surface area contributed by atoms with Gasteiger partial charge < -0.3 is 5.11 Å². The summed E-state index contributed by atoms with van der Waals surface area (Å²) in [6.07, 6.45) is 4.50. The average molecular weight is 196 g/mol. The molecule has 0 spiro atoms. The Morgan fingerprint density at radius 2 is 2.29 bits per heavy atom. The summed E-state index contributed by atoms with van der Waals surface area (Å²) in [5.74, 6) is -0.802. The van der Waals surface area contributed by atoms with E-state index in [-0.39, 0.29) is 12.1 Å². The molecule has 0 aliphatic heterocycles. The Morgan fingerprint density at radius 3 is 2.93 bits per heavy atom. The molecule has 1 aromatic rings. The molecule has 0 saturated heterocycles. The molecule has 5 heteroatoms. The Kier molecular flexibility index (Phi) is 3.84. The molecule has 0 amide bonds. The van der Waals surface area contributed by atoms with E-state index >= 15 is 0 Å². The van der Waals surface area contributed by atoms with Gasteiger partial charge in [-0.05, 0) is 18.9 Å². The second-order valence-corrected chi connectivity index (χ2v) is 2.95. The summed E-state index contributed by atoms with van der Waals surface area (Å²) in [5, 5.41) is 8.38. The molecule has 0 atom stereocenters. The molecule has 5 nitrogen and oxygen atoms in total. The number of unbranched alkanes of at least 4 members (excludes halogenated alkanes) is 1. The lowest BCUT2D eigenvalue weighted by molar-refractivity contribution is -0.137. The van der Waals surface area contributed by atoms with E-state index in [4.69, 9.17) is 5.11 Å². The standard InChI is InChI=1S/C9H12N2O3/c12-8(13)4-1-2-6-11-7-3-5-10-9(11)14/h3,5,7H,1-2,4,6H2,(H,12,13). The van der Waals surface area contributed by atoms with Gasteiger partial charge >= 0.3 is 11.7 Å². The molecule has 1 aromatic heterocycles. The van der Waals surface area contributed by atoms with Crippen molar-refractivity contribution >= 4 is 5.97 Å². The van der Waals surface area contributed by atoms with Crippen LogP contribution in [0.25, 0.3) is 0 Å². The van der Waals surface area contributed by atoms with Crippen molar-refractivity contribution in [2.75, 3.05) is 0 Å². The van der Waals surface area contributed by atoms with E-state index in [1.54, 1.807) is 12.3 Å². The molecule has 0 unspecified atom stereocenters. The number of carboxylic acid groups (broad SMARTS) is 1. The summed E-state index contributed by atoms with van der Waals surface area (Å²) in [6.45, 7) is 0.528. The van der Waals surface area contributed by atoms with E-state index in [0.717, 1.165) is 0 Å². The molecule has 0 saturated carbocycles. The van der Waals surface area contributed by atoms with Crippen LogP contribution >= 0.6 is 0 Å². The van der Waals surface area contributed by atoms with Crippen LogP contribution in [0.3, 0.4) is 0 Å². The molecule has 0 aliphatic carbocycles. The third-order valence-electron chi connectivity index (χ3n) is 1.82. The van der Waals surface area contributed by atoms with E-state index in [9.17, 15) is 9.59 Å². The van der Waals surface area contributed by atoms with Crippen LogP contribution in [0.5, 0.6) is 0 Å². The number of carbonyl (C=O) groups is 1. The topological polar surface area (TPSA) is 72.2 Å². The first-order valence-electron chi connectivity index (χ1n) is 4.43. The first-order valence-corrected chi connectivity index (χ1v) is 4.43. The van der Waals surface area contributed by atoms with Gasteiger partial charge in [-0.2, -0.15) is 0 Å². The highest BCUT2D eigenvalue weighted by Gasteiger charge is 1.98. The van der Waals surface area contributed by atoms with Gasteiger partial charge in [-0.25, -0.2) is 9.78 Å². The average Bonchev–Trinajstić information content (AvgIpc) is 2.15. The number of aromatic nitrogens is 2. The summed E-state index contributed by atoms with van der Waals surface area (Å²) >= 11 is 0. The normalized spacial score (nSPS) is 10.0. The van der Waals surface area contributed by atoms with Crippen LogP contribution in [-0.4, -0.2) is 20.6 Å². The minimum atomic E-state index is -0.802. The van der Waals surface area contributed by atoms with Gasteiger partial charge in [-0.3, -0.25) is 9.36 Å². The molecule has 1 rings (SSSR count). The lowest BCUT2D eigenvalue weighted by atomic mass is 10.2. The molecule has 76 valence electrons. The SMILES string of the molecule is O=C(O)CCCCn1cccnc1=O. The van der Waals surface area contributed by atoms with E-state index in [2.05, 4.69) is 4.98 Å². The Morgan fingerprint density at radius 1 is 1.50 bits per heavy atom. The minimum absolute atomic E-state index is 0.148. The van der Waals surface area contributed by atoms with Crippen LogP contribution in [0.15, 0.2) is 23.3 Å². The first-order chi connectivity index (χ1) is 6.70. The fourth-order valence-corrected chi connectivity index (χ4v) is 1.12. The van der Waals surface area contributed by atoms with Crippen molar-refractivity contribution < 1.29 is 9.90 Å². The van der Waals surface area contributed by atoms with Crippen molar-refractivity contribution in [1.82, 2.24) is 9.55 Å². The number of carboxylic acids is 1. The predicted molar refractivity (Wildman–Crippen MR) is 50.0 cm³/mol. The third-order valence-corrected chi connectivity index (χ3v) is 1.82. The van der Waals surface area contributed by atoms with Crippen LogP contribution in [-0.2, 0) is 11.3 Å². The van der Waals surface area contributed by atoms with Gasteiger partial charge in [0.15, 0.2) is 0 Å². The minimum Gasteiger partial charge on any atom is -0.481 e. The number of nitrogens with zero attached hydrogens (tertiary/aromatic N) is 2. The quantitative estimate of drug-likeness (QED) is 0.696. The zero-order chi connectivity index (χ0) is 10.4. The van der Waals surface area contributed by atoms with E-state index in [0.29, 0.717) is 19.4 Å². The zero-order valence-electron chi connectivity index (χ0n) is 7.72. The number of aliphatic carboxylic acids is 1. The zero-order valence-corrected chi connectivity index (χ0v) is 7.72. The van der Waals surface area contributed by atoms with Gasteiger partial charge in [0.05, 0.1) is 0 Å². The van der Waals surface area contributed by atoms with Crippen molar-refractivity contribution in [3.8, 4) is 0 Å². The van der Waals surface area contributed by atoms with Crippen LogP contribution < -0.4 is 5.69 Å². The number of hydrogen-bond donors (Lipinski definition) is 1. The summed E-state index contributed by atoms with van der Waals surface area (Å²) in [6, 6.07) is 1.68. The highest BCUT2D eigenvalue weighted by atomic mass is 16.4. The van der Waals surface area contributed by atoms with E-state index in [1.807, 2.05) is 0 Å². The van der Waals surface area contributed by atoms with Gasteiger partial charge in [0.25, 0.3) is 0 Å². The molecule has 0 radical (unpaired) electrons. The lowest BCUT2D eigenvalue weighted by Gasteiger charge is -2.02. The molecule has 14 heavy (non-hydrogen) atoms. The van der Waals surface area contributed by atoms with Crippen LogP contribution in [0.1, 0.15) is 19.3 Å². The van der Waals surface area contributed by atoms with Gasteiger partial charge in [0.1, 0.15) is 0 Å². The Labute approximate surface area is 81.0 Å². The number of rotatable bonds is 5. The van der Waals surface area contributed by atoms with Gasteiger partial charge in [-0.1, -0.05) is 0 Å². The maximum Gasteiger partial charge on any atom is 0.347 e. The summed E-state index contributed by atoms with van der Waals surface area (Å²) in [7, 11) is 0. The van der Waals surface area contributed by atoms with Crippen molar-refractivity contribution in [3.05, 3.63) is 28.9 Å². The van der Waals surface area contributed by atoms with Gasteiger partial charge in [0, 0.05) is 25.4 Å². The van der Waals surface area contributed by atoms with Crippen LogP contribution in [0.2, 0.25) is 0 Å². The molecular weight excluding hydrogens is 184 g/mol. The third kappa shape index (κ3) is 3.38. The summed E-state index contributed by atoms with van der Waals surface area (Å²) in [5.41, 5.74) is -0.289. The Bertz CT molecular complexity index is 359. The molecule has 0 bridgehead atoms. The first kappa shape index (κ1) is 10.4. The molecule has 1 N–H and O–H groups in total. The van der Waals surface area contributed by atoms with E-state index < -0.39 is 5.97 Å². The predicted octanol–water partition coefficient (Wildman–Crippen LogP) is 0.498. The fourth-order valence-electron chi connectivity index (χ4n) is 1.12. The number of aryl methyl sites for hydroxylation is 1. The number of hydrogen-bond acceptors (Lipinski definition) is 3. The second kappa shape index (κ2) is 5.16. The maximum absolute atomic E-state index is 11.1. The molecule has 0 fully saturated rings. The highest BCUT2D eigenvalue weighted by molar-refractivity contribution is 5.66. The van der Waals surface area contributed by atoms with Crippen molar-refractivity contribution in [2.45, 2.75) is 25.8 Å². The second-order valence-electron chi connectivity index (χ2n) is 2.95. The van der Waals surface area contributed by atoms with Crippen LogP contribution in [0, 0.1) is 0 Å². The molecule has 0 aromatic carbocycles. The fraction of sp³-hybridized carbons (Fsp3) is 0.444. The maximum atomic E-state index is 11.1. The van der Waals surface area contributed by atoms with Crippen molar-refractivity contribution in [2.24, 2.45) is 0 Å². The Hall–Kier alpha value is -1.65.